The van der Waals surface area contributed by atoms with Crippen molar-refractivity contribution in [2.75, 3.05) is 20.3 Å². The number of aliphatic carboxylic acids is 1. The van der Waals surface area contributed by atoms with Crippen molar-refractivity contribution in [2.24, 2.45) is 5.92 Å². The van der Waals surface area contributed by atoms with E-state index in [0.29, 0.717) is 26.0 Å². The molecule has 0 fully saturated rings. The first-order valence-corrected chi connectivity index (χ1v) is 6.23. The van der Waals surface area contributed by atoms with E-state index in [1.807, 2.05) is 6.92 Å². The summed E-state index contributed by atoms with van der Waals surface area (Å²) in [6, 6.07) is -0.163. The molecule has 106 valence electrons. The van der Waals surface area contributed by atoms with Gasteiger partial charge in [0.1, 0.15) is 0 Å². The molecule has 0 aliphatic carbocycles. The first kappa shape index (κ1) is 16.7. The molecule has 0 saturated heterocycles. The minimum Gasteiger partial charge on any atom is -0.481 e. The molecule has 3 N–H and O–H groups in total. The van der Waals surface area contributed by atoms with Crippen molar-refractivity contribution in [3.63, 3.8) is 0 Å². The topological polar surface area (TPSA) is 87.7 Å². The first-order chi connectivity index (χ1) is 8.47. The van der Waals surface area contributed by atoms with Crippen molar-refractivity contribution in [3.8, 4) is 0 Å². The molecule has 0 aromatic rings. The third kappa shape index (κ3) is 8.81. The van der Waals surface area contributed by atoms with Crippen LogP contribution in [0.4, 0.5) is 4.79 Å². The number of ether oxygens (including phenoxy) is 1. The molecule has 2 unspecified atom stereocenters. The summed E-state index contributed by atoms with van der Waals surface area (Å²) in [5, 5.41) is 14.2. The lowest BCUT2D eigenvalue weighted by molar-refractivity contribution is -0.141. The van der Waals surface area contributed by atoms with Gasteiger partial charge in [-0.25, -0.2) is 4.79 Å². The Hall–Kier alpha value is -1.30. The number of carbonyl (C=O) groups excluding carboxylic acids is 1. The summed E-state index contributed by atoms with van der Waals surface area (Å²) in [4.78, 5) is 22.0. The molecular formula is C12H24N2O4. The van der Waals surface area contributed by atoms with E-state index in [2.05, 4.69) is 10.6 Å². The van der Waals surface area contributed by atoms with E-state index < -0.39 is 5.97 Å². The van der Waals surface area contributed by atoms with E-state index in [4.69, 9.17) is 9.84 Å². The maximum atomic E-state index is 11.4. The standard InChI is InChI=1S/C12H24N2O4/c1-9(11(15)16)5-4-7-13-12(17)14-10(2)6-8-18-3/h9-10H,4-8H2,1-3H3,(H,15,16)(H2,13,14,17). The first-order valence-electron chi connectivity index (χ1n) is 6.23. The van der Waals surface area contributed by atoms with Crippen LogP contribution < -0.4 is 10.6 Å². The van der Waals surface area contributed by atoms with Gasteiger partial charge >= 0.3 is 12.0 Å². The van der Waals surface area contributed by atoms with Crippen molar-refractivity contribution in [1.29, 1.82) is 0 Å². The normalized spacial score (nSPS) is 13.7. The molecule has 0 spiro atoms. The average molecular weight is 260 g/mol. The second-order valence-corrected chi connectivity index (χ2v) is 4.46. The highest BCUT2D eigenvalue weighted by molar-refractivity contribution is 5.74. The molecule has 6 nitrogen and oxygen atoms in total. The highest BCUT2D eigenvalue weighted by Gasteiger charge is 2.10. The minimum absolute atomic E-state index is 0.0582. The molecule has 0 aromatic carbocycles. The Balaban J connectivity index is 3.56. The number of rotatable bonds is 9. The van der Waals surface area contributed by atoms with Crippen LogP contribution in [-0.2, 0) is 9.53 Å². The number of amides is 2. The van der Waals surface area contributed by atoms with Crippen LogP contribution in [-0.4, -0.2) is 43.4 Å². The Morgan fingerprint density at radius 1 is 1.28 bits per heavy atom. The molecule has 2 atom stereocenters. The van der Waals surface area contributed by atoms with Crippen molar-refractivity contribution >= 4 is 12.0 Å². The number of urea groups is 1. The van der Waals surface area contributed by atoms with Crippen molar-refractivity contribution in [1.82, 2.24) is 10.6 Å². The summed E-state index contributed by atoms with van der Waals surface area (Å²) >= 11 is 0. The van der Waals surface area contributed by atoms with Gasteiger partial charge in [-0.05, 0) is 26.2 Å². The van der Waals surface area contributed by atoms with Crippen LogP contribution in [0.5, 0.6) is 0 Å². The Bertz CT molecular complexity index is 258. The highest BCUT2D eigenvalue weighted by Crippen LogP contribution is 2.04. The quantitative estimate of drug-likeness (QED) is 0.544. The van der Waals surface area contributed by atoms with Gasteiger partial charge < -0.3 is 20.5 Å². The van der Waals surface area contributed by atoms with Gasteiger partial charge in [0.15, 0.2) is 0 Å². The lowest BCUT2D eigenvalue weighted by Gasteiger charge is -2.14. The molecule has 0 saturated carbocycles. The second-order valence-electron chi connectivity index (χ2n) is 4.46. The molecule has 0 aliphatic heterocycles. The van der Waals surface area contributed by atoms with E-state index in [0.717, 1.165) is 6.42 Å². The molecule has 0 aliphatic rings. The van der Waals surface area contributed by atoms with Gasteiger partial charge in [-0.3, -0.25) is 4.79 Å². The molecule has 0 aromatic heterocycles. The van der Waals surface area contributed by atoms with Crippen LogP contribution in [0.25, 0.3) is 0 Å². The number of methoxy groups -OCH3 is 1. The fourth-order valence-corrected chi connectivity index (χ4v) is 1.38. The van der Waals surface area contributed by atoms with Crippen LogP contribution in [0.15, 0.2) is 0 Å². The molecule has 2 amide bonds. The van der Waals surface area contributed by atoms with Crippen molar-refractivity contribution < 1.29 is 19.4 Å². The van der Waals surface area contributed by atoms with Gasteiger partial charge in [-0.2, -0.15) is 0 Å². The van der Waals surface area contributed by atoms with Crippen LogP contribution in [0, 0.1) is 5.92 Å². The lowest BCUT2D eigenvalue weighted by atomic mass is 10.1. The predicted octanol–water partition coefficient (Wildman–Crippen LogP) is 1.21. The molecule has 6 heteroatoms. The van der Waals surface area contributed by atoms with Crippen molar-refractivity contribution in [2.45, 2.75) is 39.2 Å². The van der Waals surface area contributed by atoms with Gasteiger partial charge in [0, 0.05) is 26.3 Å². The second kappa shape index (κ2) is 9.70. The third-order valence-electron chi connectivity index (χ3n) is 2.65. The van der Waals surface area contributed by atoms with Crippen LogP contribution >= 0.6 is 0 Å². The van der Waals surface area contributed by atoms with E-state index in [1.165, 1.54) is 0 Å². The minimum atomic E-state index is -0.798. The fraction of sp³-hybridized carbons (Fsp3) is 0.833. The Morgan fingerprint density at radius 2 is 1.94 bits per heavy atom. The SMILES string of the molecule is COCCC(C)NC(=O)NCCCC(C)C(=O)O. The van der Waals surface area contributed by atoms with Gasteiger partial charge in [0.25, 0.3) is 0 Å². The summed E-state index contributed by atoms with van der Waals surface area (Å²) in [6.07, 6.45) is 1.99. The maximum absolute atomic E-state index is 11.4. The largest absolute Gasteiger partial charge is 0.481 e. The summed E-state index contributed by atoms with van der Waals surface area (Å²) in [5.74, 6) is -1.16. The summed E-state index contributed by atoms with van der Waals surface area (Å²) in [5.41, 5.74) is 0. The zero-order valence-corrected chi connectivity index (χ0v) is 11.4. The van der Waals surface area contributed by atoms with Gasteiger partial charge in [0.2, 0.25) is 0 Å². The van der Waals surface area contributed by atoms with Crippen molar-refractivity contribution in [3.05, 3.63) is 0 Å². The van der Waals surface area contributed by atoms with Gasteiger partial charge in [-0.15, -0.1) is 0 Å². The zero-order chi connectivity index (χ0) is 14.0. The smallest absolute Gasteiger partial charge is 0.314 e. The number of hydrogen-bond acceptors (Lipinski definition) is 3. The van der Waals surface area contributed by atoms with Crippen LogP contribution in [0.1, 0.15) is 33.1 Å². The van der Waals surface area contributed by atoms with E-state index in [-0.39, 0.29) is 18.0 Å². The monoisotopic (exact) mass is 260 g/mol. The van der Waals surface area contributed by atoms with E-state index in [1.54, 1.807) is 14.0 Å². The van der Waals surface area contributed by atoms with Gasteiger partial charge in [0.05, 0.1) is 5.92 Å². The molecule has 0 rings (SSSR count). The third-order valence-corrected chi connectivity index (χ3v) is 2.65. The Labute approximate surface area is 108 Å². The lowest BCUT2D eigenvalue weighted by Crippen LogP contribution is -2.41. The number of carbonyl (C=O) groups is 2. The molecular weight excluding hydrogens is 236 g/mol. The van der Waals surface area contributed by atoms with Gasteiger partial charge in [-0.1, -0.05) is 6.92 Å². The average Bonchev–Trinajstić information content (AvgIpc) is 2.31. The predicted molar refractivity (Wildman–Crippen MR) is 68.5 cm³/mol. The van der Waals surface area contributed by atoms with E-state index in [9.17, 15) is 9.59 Å². The Morgan fingerprint density at radius 3 is 2.50 bits per heavy atom. The molecule has 0 bridgehead atoms. The summed E-state index contributed by atoms with van der Waals surface area (Å²) < 4.78 is 4.91. The molecule has 0 radical (unpaired) electrons. The fourth-order valence-electron chi connectivity index (χ4n) is 1.38. The Kier molecular flexibility index (Phi) is 9.00. The summed E-state index contributed by atoms with van der Waals surface area (Å²) in [7, 11) is 1.62. The number of carboxylic acid groups (broad SMARTS) is 1. The summed E-state index contributed by atoms with van der Waals surface area (Å²) in [6.45, 7) is 4.67. The molecule has 0 heterocycles. The van der Waals surface area contributed by atoms with Crippen LogP contribution in [0.3, 0.4) is 0 Å². The van der Waals surface area contributed by atoms with E-state index >= 15 is 0 Å². The maximum Gasteiger partial charge on any atom is 0.314 e. The number of carboxylic acids is 1. The number of nitrogens with one attached hydrogen (secondary N) is 2. The number of hydrogen-bond donors (Lipinski definition) is 3. The zero-order valence-electron chi connectivity index (χ0n) is 11.4. The highest BCUT2D eigenvalue weighted by atomic mass is 16.5. The molecule has 18 heavy (non-hydrogen) atoms. The van der Waals surface area contributed by atoms with Crippen LogP contribution in [0.2, 0.25) is 0 Å².